The first-order valence-corrected chi connectivity index (χ1v) is 7.27. The van der Waals surface area contributed by atoms with E-state index in [2.05, 4.69) is 26.6 Å². The van der Waals surface area contributed by atoms with Crippen LogP contribution in [0.1, 0.15) is 11.1 Å². The Morgan fingerprint density at radius 3 is 2.60 bits per heavy atom. The van der Waals surface area contributed by atoms with Crippen LogP contribution in [0.15, 0.2) is 40.9 Å². The molecule has 2 aromatic rings. The molecule has 2 aromatic carbocycles. The molecule has 0 saturated carbocycles. The lowest BCUT2D eigenvalue weighted by molar-refractivity contribution is 0.619. The number of anilines is 2. The van der Waals surface area contributed by atoms with Crippen molar-refractivity contribution in [3.63, 3.8) is 0 Å². The first kappa shape index (κ1) is 14.9. The molecule has 0 aliphatic carbocycles. The minimum absolute atomic E-state index is 0.253. The number of aryl methyl sites for hydroxylation is 1. The van der Waals surface area contributed by atoms with Crippen molar-refractivity contribution in [1.29, 1.82) is 0 Å². The fraction of sp³-hybridized carbons (Fsp3) is 0.133. The zero-order valence-electron chi connectivity index (χ0n) is 11.1. The maximum absolute atomic E-state index is 13.4. The normalized spacial score (nSPS) is 10.2. The first-order chi connectivity index (χ1) is 9.47. The molecule has 0 fully saturated rings. The molecule has 20 heavy (non-hydrogen) atoms. The van der Waals surface area contributed by atoms with Gasteiger partial charge in [-0.25, -0.2) is 4.39 Å². The lowest BCUT2D eigenvalue weighted by atomic mass is 10.2. The predicted octanol–water partition coefficient (Wildman–Crippen LogP) is 5.01. The number of hydrogen-bond acceptors (Lipinski definition) is 1. The number of benzene rings is 2. The van der Waals surface area contributed by atoms with Crippen LogP contribution in [0.5, 0.6) is 0 Å². The second-order valence-electron chi connectivity index (χ2n) is 4.46. The van der Waals surface area contributed by atoms with Crippen molar-refractivity contribution in [3.05, 3.63) is 57.8 Å². The summed E-state index contributed by atoms with van der Waals surface area (Å²) in [6, 6.07) is 10.7. The van der Waals surface area contributed by atoms with Crippen molar-refractivity contribution in [3.8, 4) is 0 Å². The Kier molecular flexibility index (Phi) is 4.73. The molecule has 0 aliphatic rings. The lowest BCUT2D eigenvalue weighted by Crippen LogP contribution is -2.19. The molecule has 0 bridgehead atoms. The van der Waals surface area contributed by atoms with Gasteiger partial charge in [-0.05, 0) is 62.0 Å². The van der Waals surface area contributed by atoms with Crippen molar-refractivity contribution in [2.24, 2.45) is 0 Å². The van der Waals surface area contributed by atoms with Gasteiger partial charge in [0.15, 0.2) is 5.11 Å². The van der Waals surface area contributed by atoms with Gasteiger partial charge in [0.1, 0.15) is 5.82 Å². The van der Waals surface area contributed by atoms with E-state index in [1.807, 2.05) is 25.1 Å². The van der Waals surface area contributed by atoms with Crippen molar-refractivity contribution in [1.82, 2.24) is 0 Å². The van der Waals surface area contributed by atoms with Crippen LogP contribution in [0.4, 0.5) is 15.8 Å². The molecule has 2 N–H and O–H groups in total. The van der Waals surface area contributed by atoms with Crippen LogP contribution in [-0.2, 0) is 0 Å². The van der Waals surface area contributed by atoms with Crippen LogP contribution in [-0.4, -0.2) is 5.11 Å². The zero-order chi connectivity index (χ0) is 14.7. The van der Waals surface area contributed by atoms with Gasteiger partial charge in [0.25, 0.3) is 0 Å². The third-order valence-electron chi connectivity index (χ3n) is 2.93. The van der Waals surface area contributed by atoms with Gasteiger partial charge in [-0.1, -0.05) is 22.0 Å². The van der Waals surface area contributed by atoms with Crippen molar-refractivity contribution >= 4 is 44.6 Å². The molecular weight excluding hydrogens is 339 g/mol. The molecular formula is C15H14BrFN2S. The average Bonchev–Trinajstić information content (AvgIpc) is 2.39. The van der Waals surface area contributed by atoms with E-state index in [1.54, 1.807) is 19.1 Å². The number of halogens is 2. The van der Waals surface area contributed by atoms with Gasteiger partial charge in [-0.15, -0.1) is 0 Å². The molecule has 0 heterocycles. The van der Waals surface area contributed by atoms with Gasteiger partial charge in [-0.3, -0.25) is 0 Å². The summed E-state index contributed by atoms with van der Waals surface area (Å²) in [5.74, 6) is -0.253. The maximum Gasteiger partial charge on any atom is 0.175 e. The van der Waals surface area contributed by atoms with Gasteiger partial charge >= 0.3 is 0 Å². The van der Waals surface area contributed by atoms with E-state index in [-0.39, 0.29) is 5.82 Å². The largest absolute Gasteiger partial charge is 0.332 e. The van der Waals surface area contributed by atoms with Gasteiger partial charge < -0.3 is 10.6 Å². The van der Waals surface area contributed by atoms with Gasteiger partial charge in [0.2, 0.25) is 0 Å². The number of rotatable bonds is 2. The first-order valence-electron chi connectivity index (χ1n) is 6.06. The van der Waals surface area contributed by atoms with Crippen molar-refractivity contribution in [2.45, 2.75) is 13.8 Å². The highest BCUT2D eigenvalue weighted by atomic mass is 79.9. The molecule has 104 valence electrons. The summed E-state index contributed by atoms with van der Waals surface area (Å²) in [4.78, 5) is 0. The van der Waals surface area contributed by atoms with E-state index in [9.17, 15) is 4.39 Å². The molecule has 0 spiro atoms. The molecule has 0 aromatic heterocycles. The molecule has 2 nitrogen and oxygen atoms in total. The van der Waals surface area contributed by atoms with E-state index in [1.165, 1.54) is 6.07 Å². The Bertz CT molecular complexity index is 658. The highest BCUT2D eigenvalue weighted by Gasteiger charge is 2.05. The van der Waals surface area contributed by atoms with Crippen LogP contribution in [0.3, 0.4) is 0 Å². The third-order valence-corrected chi connectivity index (χ3v) is 4.03. The molecule has 5 heteroatoms. The summed E-state index contributed by atoms with van der Waals surface area (Å²) in [6.07, 6.45) is 0. The number of thiocarbonyl (C=S) groups is 1. The van der Waals surface area contributed by atoms with E-state index in [0.717, 1.165) is 15.7 Å². The Morgan fingerprint density at radius 2 is 1.90 bits per heavy atom. The van der Waals surface area contributed by atoms with Crippen LogP contribution in [0.25, 0.3) is 0 Å². The Balaban J connectivity index is 2.09. The molecule has 0 saturated heterocycles. The zero-order valence-corrected chi connectivity index (χ0v) is 13.5. The summed E-state index contributed by atoms with van der Waals surface area (Å²) in [6.45, 7) is 3.71. The Hall–Kier alpha value is -1.46. The summed E-state index contributed by atoms with van der Waals surface area (Å²) >= 11 is 8.69. The molecule has 0 amide bonds. The van der Waals surface area contributed by atoms with Crippen LogP contribution < -0.4 is 10.6 Å². The maximum atomic E-state index is 13.4. The third kappa shape index (κ3) is 3.55. The van der Waals surface area contributed by atoms with E-state index in [4.69, 9.17) is 12.2 Å². The summed E-state index contributed by atoms with van der Waals surface area (Å²) in [7, 11) is 0. The minimum atomic E-state index is -0.253. The topological polar surface area (TPSA) is 24.1 Å². The van der Waals surface area contributed by atoms with Gasteiger partial charge in [-0.2, -0.15) is 0 Å². The van der Waals surface area contributed by atoms with Crippen LogP contribution in [0.2, 0.25) is 0 Å². The van der Waals surface area contributed by atoms with Gasteiger partial charge in [0.05, 0.1) is 0 Å². The SMILES string of the molecule is Cc1cc(NC(=S)Nc2cccc(F)c2C)ccc1Br. The lowest BCUT2D eigenvalue weighted by Gasteiger charge is -2.13. The average molecular weight is 353 g/mol. The van der Waals surface area contributed by atoms with Crippen molar-refractivity contribution in [2.75, 3.05) is 10.6 Å². The highest BCUT2D eigenvalue weighted by molar-refractivity contribution is 9.10. The van der Waals surface area contributed by atoms with E-state index in [0.29, 0.717) is 16.4 Å². The summed E-state index contributed by atoms with van der Waals surface area (Å²) < 4.78 is 14.5. The quantitative estimate of drug-likeness (QED) is 0.742. The smallest absolute Gasteiger partial charge is 0.175 e. The molecule has 0 unspecified atom stereocenters. The second kappa shape index (κ2) is 6.33. The number of hydrogen-bond donors (Lipinski definition) is 2. The Labute approximate surface area is 131 Å². The van der Waals surface area contributed by atoms with E-state index < -0.39 is 0 Å². The summed E-state index contributed by atoms with van der Waals surface area (Å²) in [5, 5.41) is 6.52. The standard InChI is InChI=1S/C15H14BrFN2S/c1-9-8-11(6-7-12(9)16)18-15(20)19-14-5-3-4-13(17)10(14)2/h3-8H,1-2H3,(H2,18,19,20). The molecule has 0 atom stereocenters. The summed E-state index contributed by atoms with van der Waals surface area (Å²) in [5.41, 5.74) is 3.21. The van der Waals surface area contributed by atoms with Crippen LogP contribution in [0, 0.1) is 19.7 Å². The minimum Gasteiger partial charge on any atom is -0.332 e. The fourth-order valence-electron chi connectivity index (χ4n) is 1.75. The molecule has 0 radical (unpaired) electrons. The monoisotopic (exact) mass is 352 g/mol. The van der Waals surface area contributed by atoms with Gasteiger partial charge in [0, 0.05) is 21.4 Å². The Morgan fingerprint density at radius 1 is 1.15 bits per heavy atom. The van der Waals surface area contributed by atoms with E-state index >= 15 is 0 Å². The highest BCUT2D eigenvalue weighted by Crippen LogP contribution is 2.21. The van der Waals surface area contributed by atoms with Crippen molar-refractivity contribution < 1.29 is 4.39 Å². The van der Waals surface area contributed by atoms with Crippen LogP contribution >= 0.6 is 28.1 Å². The predicted molar refractivity (Wildman–Crippen MR) is 89.9 cm³/mol. The second-order valence-corrected chi connectivity index (χ2v) is 5.72. The number of nitrogens with one attached hydrogen (secondary N) is 2. The fourth-order valence-corrected chi connectivity index (χ4v) is 2.22. The molecule has 2 rings (SSSR count). The molecule has 0 aliphatic heterocycles.